The Hall–Kier alpha value is -3.48. The van der Waals surface area contributed by atoms with Crippen LogP contribution in [0.2, 0.25) is 0 Å². The Morgan fingerprint density at radius 3 is 2.59 bits per heavy atom. The number of fused-ring (bicyclic) bond motifs is 1. The molecule has 1 fully saturated rings. The molecular formula is C22H20FN5O. The third kappa shape index (κ3) is 2.90. The average molecular weight is 389 g/mol. The van der Waals surface area contributed by atoms with Crippen LogP contribution in [0.1, 0.15) is 34.8 Å². The van der Waals surface area contributed by atoms with E-state index in [1.807, 2.05) is 23.9 Å². The van der Waals surface area contributed by atoms with Crippen molar-refractivity contribution in [2.45, 2.75) is 18.8 Å². The summed E-state index contributed by atoms with van der Waals surface area (Å²) >= 11 is 0. The zero-order chi connectivity index (χ0) is 20.1. The molecule has 1 amide bonds. The maximum atomic E-state index is 13.4. The van der Waals surface area contributed by atoms with Gasteiger partial charge in [0.15, 0.2) is 0 Å². The van der Waals surface area contributed by atoms with Gasteiger partial charge in [0.25, 0.3) is 5.91 Å². The monoisotopic (exact) mass is 389 g/mol. The lowest BCUT2D eigenvalue weighted by atomic mass is 9.99. The average Bonchev–Trinajstić information content (AvgIpc) is 3.38. The minimum Gasteiger partial charge on any atom is -0.354 e. The lowest BCUT2D eigenvalue weighted by molar-refractivity contribution is 0.0957. The summed E-state index contributed by atoms with van der Waals surface area (Å²) in [6.07, 6.45) is 5.96. The molecule has 1 aliphatic carbocycles. The number of imidazole rings is 1. The zero-order valence-electron chi connectivity index (χ0n) is 16.2. The van der Waals surface area contributed by atoms with Gasteiger partial charge < -0.3 is 9.88 Å². The first kappa shape index (κ1) is 17.6. The fourth-order valence-electron chi connectivity index (χ4n) is 3.81. The number of rotatable bonds is 4. The number of carbonyl (C=O) groups excluding carboxylic acids is 1. The van der Waals surface area contributed by atoms with Gasteiger partial charge in [-0.25, -0.2) is 14.1 Å². The van der Waals surface area contributed by atoms with Crippen molar-refractivity contribution in [2.24, 2.45) is 7.05 Å². The van der Waals surface area contributed by atoms with E-state index >= 15 is 0 Å². The molecule has 2 aromatic heterocycles. The highest BCUT2D eigenvalue weighted by Gasteiger charge is 2.30. The van der Waals surface area contributed by atoms with E-state index in [9.17, 15) is 9.18 Å². The first-order chi connectivity index (χ1) is 14.1. The van der Waals surface area contributed by atoms with Gasteiger partial charge in [-0.1, -0.05) is 0 Å². The Bertz CT molecular complexity index is 1230. The van der Waals surface area contributed by atoms with Crippen LogP contribution in [0, 0.1) is 5.82 Å². The summed E-state index contributed by atoms with van der Waals surface area (Å²) in [5.74, 6) is 0.785. The highest BCUT2D eigenvalue weighted by atomic mass is 19.1. The van der Waals surface area contributed by atoms with Gasteiger partial charge in [0.1, 0.15) is 17.3 Å². The van der Waals surface area contributed by atoms with E-state index < -0.39 is 0 Å². The Kier molecular flexibility index (Phi) is 3.97. The molecule has 2 aromatic carbocycles. The molecule has 7 heteroatoms. The summed E-state index contributed by atoms with van der Waals surface area (Å²) in [7, 11) is 3.57. The number of hydrogen-bond acceptors (Lipinski definition) is 3. The van der Waals surface area contributed by atoms with E-state index in [0.717, 1.165) is 29.6 Å². The number of aryl methyl sites for hydroxylation is 1. The van der Waals surface area contributed by atoms with Crippen LogP contribution in [0.4, 0.5) is 4.39 Å². The van der Waals surface area contributed by atoms with Crippen LogP contribution < -0.4 is 5.32 Å². The van der Waals surface area contributed by atoms with Crippen LogP contribution in [0.5, 0.6) is 0 Å². The van der Waals surface area contributed by atoms with Gasteiger partial charge in [-0.2, -0.15) is 5.10 Å². The van der Waals surface area contributed by atoms with Gasteiger partial charge in [-0.15, -0.1) is 0 Å². The number of benzene rings is 2. The van der Waals surface area contributed by atoms with E-state index in [2.05, 4.69) is 16.4 Å². The molecule has 0 saturated heterocycles. The van der Waals surface area contributed by atoms with Crippen molar-refractivity contribution >= 4 is 16.8 Å². The highest BCUT2D eigenvalue weighted by molar-refractivity contribution is 6.06. The molecule has 0 bridgehead atoms. The molecule has 2 heterocycles. The summed E-state index contributed by atoms with van der Waals surface area (Å²) < 4.78 is 17.0. The topological polar surface area (TPSA) is 64.7 Å². The van der Waals surface area contributed by atoms with Crippen molar-refractivity contribution in [1.29, 1.82) is 0 Å². The second-order valence-corrected chi connectivity index (χ2v) is 7.41. The summed E-state index contributed by atoms with van der Waals surface area (Å²) in [5.41, 5.74) is 4.01. The fraction of sp³-hybridized carbons (Fsp3) is 0.227. The maximum absolute atomic E-state index is 13.4. The van der Waals surface area contributed by atoms with E-state index in [0.29, 0.717) is 22.8 Å². The molecular weight excluding hydrogens is 369 g/mol. The quantitative estimate of drug-likeness (QED) is 0.577. The minimum absolute atomic E-state index is 0.233. The van der Waals surface area contributed by atoms with Crippen LogP contribution in [0.25, 0.3) is 28.0 Å². The predicted octanol–water partition coefficient (Wildman–Crippen LogP) is 3.80. The molecule has 4 aromatic rings. The Balaban J connectivity index is 1.80. The lowest BCUT2D eigenvalue weighted by Crippen LogP contribution is -2.21. The van der Waals surface area contributed by atoms with Crippen LogP contribution >= 0.6 is 0 Å². The predicted molar refractivity (Wildman–Crippen MR) is 109 cm³/mol. The van der Waals surface area contributed by atoms with Crippen molar-refractivity contribution in [3.8, 4) is 17.1 Å². The maximum Gasteiger partial charge on any atom is 0.270 e. The Morgan fingerprint density at radius 2 is 1.97 bits per heavy atom. The molecule has 1 saturated carbocycles. The first-order valence-electron chi connectivity index (χ1n) is 9.59. The molecule has 5 rings (SSSR count). The van der Waals surface area contributed by atoms with E-state index in [1.165, 1.54) is 17.7 Å². The van der Waals surface area contributed by atoms with Gasteiger partial charge >= 0.3 is 0 Å². The zero-order valence-corrected chi connectivity index (χ0v) is 16.2. The second kappa shape index (κ2) is 6.55. The fourth-order valence-corrected chi connectivity index (χ4v) is 3.81. The van der Waals surface area contributed by atoms with Crippen molar-refractivity contribution in [3.63, 3.8) is 0 Å². The van der Waals surface area contributed by atoms with Crippen molar-refractivity contribution < 1.29 is 9.18 Å². The SMILES string of the molecule is CNC(=O)c1c2cc(C3CC3)c(-c3nccn3C)cc2nn1-c1ccc(F)cc1. The summed E-state index contributed by atoms with van der Waals surface area (Å²) in [6, 6.07) is 10.1. The molecule has 0 spiro atoms. The molecule has 0 radical (unpaired) electrons. The second-order valence-electron chi connectivity index (χ2n) is 7.41. The molecule has 1 aliphatic rings. The standard InChI is InChI=1S/C22H20FN5O/c1-24-22(29)20-18-11-16(13-3-4-13)17(21-25-9-10-27(21)2)12-19(18)26-28(20)15-7-5-14(23)6-8-15/h5-13H,3-4H2,1-2H3,(H,24,29). The van der Waals surface area contributed by atoms with Gasteiger partial charge in [0.2, 0.25) is 0 Å². The largest absolute Gasteiger partial charge is 0.354 e. The number of amides is 1. The van der Waals surface area contributed by atoms with Crippen LogP contribution in [0.15, 0.2) is 48.8 Å². The van der Waals surface area contributed by atoms with Crippen LogP contribution in [-0.4, -0.2) is 32.3 Å². The summed E-state index contributed by atoms with van der Waals surface area (Å²) in [4.78, 5) is 17.3. The third-order valence-corrected chi connectivity index (χ3v) is 5.44. The van der Waals surface area contributed by atoms with Crippen LogP contribution in [0.3, 0.4) is 0 Å². The number of aromatic nitrogens is 4. The Labute approximate surface area is 167 Å². The molecule has 6 nitrogen and oxygen atoms in total. The number of hydrogen-bond donors (Lipinski definition) is 1. The third-order valence-electron chi connectivity index (χ3n) is 5.44. The number of nitrogens with zero attached hydrogens (tertiary/aromatic N) is 4. The number of nitrogens with one attached hydrogen (secondary N) is 1. The normalized spacial score (nSPS) is 13.8. The van der Waals surface area contributed by atoms with E-state index in [-0.39, 0.29) is 11.7 Å². The van der Waals surface area contributed by atoms with Crippen molar-refractivity contribution in [1.82, 2.24) is 24.6 Å². The van der Waals surface area contributed by atoms with Crippen molar-refractivity contribution in [2.75, 3.05) is 7.05 Å². The number of carbonyl (C=O) groups is 1. The van der Waals surface area contributed by atoms with Gasteiger partial charge in [0.05, 0.1) is 11.2 Å². The van der Waals surface area contributed by atoms with E-state index in [4.69, 9.17) is 5.10 Å². The summed E-state index contributed by atoms with van der Waals surface area (Å²) in [6.45, 7) is 0. The highest BCUT2D eigenvalue weighted by Crippen LogP contribution is 2.45. The van der Waals surface area contributed by atoms with Gasteiger partial charge in [-0.3, -0.25) is 4.79 Å². The number of halogens is 1. The molecule has 0 atom stereocenters. The molecule has 146 valence electrons. The summed E-state index contributed by atoms with van der Waals surface area (Å²) in [5, 5.41) is 8.19. The first-order valence-corrected chi connectivity index (χ1v) is 9.59. The minimum atomic E-state index is -0.333. The molecule has 29 heavy (non-hydrogen) atoms. The lowest BCUT2D eigenvalue weighted by Gasteiger charge is -2.10. The van der Waals surface area contributed by atoms with Gasteiger partial charge in [0, 0.05) is 37.4 Å². The van der Waals surface area contributed by atoms with Gasteiger partial charge in [-0.05, 0) is 60.7 Å². The van der Waals surface area contributed by atoms with Crippen LogP contribution in [-0.2, 0) is 7.05 Å². The van der Waals surface area contributed by atoms with Crippen molar-refractivity contribution in [3.05, 3.63) is 65.9 Å². The molecule has 1 N–H and O–H groups in total. The molecule has 0 unspecified atom stereocenters. The Morgan fingerprint density at radius 1 is 1.21 bits per heavy atom. The molecule has 0 aliphatic heterocycles. The smallest absolute Gasteiger partial charge is 0.270 e. The van der Waals surface area contributed by atoms with E-state index in [1.54, 1.807) is 30.1 Å².